The maximum Gasteiger partial charge on any atom is 0.124 e. The SMILES string of the molecule is Cc1cc(Br)c(C)c(C2CNCCO2)c1O. The van der Waals surface area contributed by atoms with Crippen LogP contribution >= 0.6 is 15.9 Å². The number of benzene rings is 1. The second-order valence-electron chi connectivity index (χ2n) is 4.13. The number of phenolic OH excluding ortho intramolecular Hbond substituents is 1. The van der Waals surface area contributed by atoms with Crippen molar-refractivity contribution in [2.75, 3.05) is 19.7 Å². The number of halogens is 1. The Labute approximate surface area is 104 Å². The highest BCUT2D eigenvalue weighted by Crippen LogP contribution is 2.37. The predicted octanol–water partition coefficient (Wildman–Crippen LogP) is 2.43. The summed E-state index contributed by atoms with van der Waals surface area (Å²) in [5.41, 5.74) is 2.83. The molecule has 1 atom stereocenters. The zero-order valence-corrected chi connectivity index (χ0v) is 11.1. The van der Waals surface area contributed by atoms with Crippen molar-refractivity contribution in [2.24, 2.45) is 0 Å². The summed E-state index contributed by atoms with van der Waals surface area (Å²) in [6.45, 7) is 6.22. The monoisotopic (exact) mass is 285 g/mol. The minimum Gasteiger partial charge on any atom is -0.507 e. The molecule has 1 fully saturated rings. The van der Waals surface area contributed by atoms with Crippen molar-refractivity contribution in [1.29, 1.82) is 0 Å². The van der Waals surface area contributed by atoms with Gasteiger partial charge in [0.25, 0.3) is 0 Å². The Balaban J connectivity index is 2.45. The molecule has 0 amide bonds. The molecule has 1 aromatic rings. The van der Waals surface area contributed by atoms with Gasteiger partial charge in [0, 0.05) is 23.1 Å². The third kappa shape index (κ3) is 2.10. The molecule has 0 spiro atoms. The molecule has 0 radical (unpaired) electrons. The number of hydrogen-bond donors (Lipinski definition) is 2. The van der Waals surface area contributed by atoms with Crippen LogP contribution in [0.25, 0.3) is 0 Å². The van der Waals surface area contributed by atoms with E-state index in [1.54, 1.807) is 0 Å². The van der Waals surface area contributed by atoms with Gasteiger partial charge in [-0.05, 0) is 31.0 Å². The van der Waals surface area contributed by atoms with Gasteiger partial charge in [0.1, 0.15) is 5.75 Å². The van der Waals surface area contributed by atoms with Gasteiger partial charge < -0.3 is 15.2 Å². The van der Waals surface area contributed by atoms with Crippen molar-refractivity contribution in [3.05, 3.63) is 27.2 Å². The van der Waals surface area contributed by atoms with Crippen LogP contribution in [0.1, 0.15) is 22.8 Å². The lowest BCUT2D eigenvalue weighted by Crippen LogP contribution is -2.33. The van der Waals surface area contributed by atoms with Crippen molar-refractivity contribution in [3.8, 4) is 5.75 Å². The van der Waals surface area contributed by atoms with Gasteiger partial charge in [0.2, 0.25) is 0 Å². The highest BCUT2D eigenvalue weighted by atomic mass is 79.9. The third-order valence-corrected chi connectivity index (χ3v) is 3.81. The van der Waals surface area contributed by atoms with Crippen LogP contribution in [-0.2, 0) is 4.74 Å². The molecule has 2 rings (SSSR count). The average Bonchev–Trinajstić information content (AvgIpc) is 2.28. The summed E-state index contributed by atoms with van der Waals surface area (Å²) in [6.07, 6.45) is -0.0510. The topological polar surface area (TPSA) is 41.5 Å². The summed E-state index contributed by atoms with van der Waals surface area (Å²) in [5.74, 6) is 0.356. The first-order valence-corrected chi connectivity index (χ1v) is 6.21. The fraction of sp³-hybridized carbons (Fsp3) is 0.500. The van der Waals surface area contributed by atoms with Gasteiger partial charge in [-0.25, -0.2) is 0 Å². The summed E-state index contributed by atoms with van der Waals surface area (Å²) >= 11 is 3.51. The number of hydrogen-bond acceptors (Lipinski definition) is 3. The largest absolute Gasteiger partial charge is 0.507 e. The van der Waals surface area contributed by atoms with E-state index in [0.29, 0.717) is 12.4 Å². The number of ether oxygens (including phenoxy) is 1. The number of rotatable bonds is 1. The normalized spacial score (nSPS) is 21.1. The van der Waals surface area contributed by atoms with Crippen molar-refractivity contribution in [1.82, 2.24) is 5.32 Å². The Kier molecular flexibility index (Phi) is 3.52. The van der Waals surface area contributed by atoms with E-state index in [0.717, 1.165) is 34.3 Å². The van der Waals surface area contributed by atoms with E-state index in [1.807, 2.05) is 19.9 Å². The number of morpholine rings is 1. The van der Waals surface area contributed by atoms with Crippen LogP contribution in [0.2, 0.25) is 0 Å². The van der Waals surface area contributed by atoms with E-state index in [2.05, 4.69) is 21.2 Å². The second kappa shape index (κ2) is 4.73. The molecular weight excluding hydrogens is 270 g/mol. The van der Waals surface area contributed by atoms with E-state index >= 15 is 0 Å². The molecule has 1 heterocycles. The number of aromatic hydroxyl groups is 1. The van der Waals surface area contributed by atoms with E-state index in [9.17, 15) is 5.11 Å². The van der Waals surface area contributed by atoms with E-state index < -0.39 is 0 Å². The zero-order chi connectivity index (χ0) is 11.7. The molecule has 1 unspecified atom stereocenters. The van der Waals surface area contributed by atoms with Crippen molar-refractivity contribution >= 4 is 15.9 Å². The first kappa shape index (κ1) is 11.9. The van der Waals surface area contributed by atoms with E-state index in [-0.39, 0.29) is 6.10 Å². The van der Waals surface area contributed by atoms with Crippen LogP contribution < -0.4 is 5.32 Å². The first-order chi connectivity index (χ1) is 7.61. The molecule has 16 heavy (non-hydrogen) atoms. The Morgan fingerprint density at radius 2 is 2.25 bits per heavy atom. The fourth-order valence-electron chi connectivity index (χ4n) is 2.03. The van der Waals surface area contributed by atoms with Gasteiger partial charge in [0.15, 0.2) is 0 Å². The Hall–Kier alpha value is -0.580. The van der Waals surface area contributed by atoms with Crippen molar-refractivity contribution in [2.45, 2.75) is 20.0 Å². The summed E-state index contributed by atoms with van der Waals surface area (Å²) in [6, 6.07) is 1.93. The Morgan fingerprint density at radius 3 is 2.88 bits per heavy atom. The molecule has 0 bridgehead atoms. The Morgan fingerprint density at radius 1 is 1.50 bits per heavy atom. The minimum absolute atomic E-state index is 0.0510. The molecule has 4 heteroatoms. The Bertz CT molecular complexity index is 374. The molecule has 1 aliphatic heterocycles. The van der Waals surface area contributed by atoms with Gasteiger partial charge in [-0.1, -0.05) is 15.9 Å². The van der Waals surface area contributed by atoms with Gasteiger partial charge >= 0.3 is 0 Å². The summed E-state index contributed by atoms with van der Waals surface area (Å²) in [5, 5.41) is 13.4. The molecule has 2 N–H and O–H groups in total. The highest BCUT2D eigenvalue weighted by Gasteiger charge is 2.23. The van der Waals surface area contributed by atoms with Crippen molar-refractivity contribution in [3.63, 3.8) is 0 Å². The molecule has 0 saturated carbocycles. The van der Waals surface area contributed by atoms with E-state index in [1.165, 1.54) is 0 Å². The maximum atomic E-state index is 10.1. The third-order valence-electron chi connectivity index (χ3n) is 2.98. The number of aryl methyl sites for hydroxylation is 1. The lowest BCUT2D eigenvalue weighted by atomic mass is 9.98. The summed E-state index contributed by atoms with van der Waals surface area (Å²) < 4.78 is 6.71. The molecule has 88 valence electrons. The number of nitrogens with one attached hydrogen (secondary N) is 1. The van der Waals surface area contributed by atoms with Gasteiger partial charge in [-0.2, -0.15) is 0 Å². The molecule has 1 aliphatic rings. The molecular formula is C12H16BrNO2. The van der Waals surface area contributed by atoms with Gasteiger partial charge in [0.05, 0.1) is 12.7 Å². The van der Waals surface area contributed by atoms with Crippen LogP contribution in [0.5, 0.6) is 5.75 Å². The standard InChI is InChI=1S/C12H16BrNO2/c1-7-5-9(13)8(2)11(12(7)15)10-6-14-3-4-16-10/h5,10,14-15H,3-4,6H2,1-2H3. The second-order valence-corrected chi connectivity index (χ2v) is 4.98. The lowest BCUT2D eigenvalue weighted by molar-refractivity contribution is 0.0258. The highest BCUT2D eigenvalue weighted by molar-refractivity contribution is 9.10. The molecule has 0 aliphatic carbocycles. The van der Waals surface area contributed by atoms with Crippen LogP contribution in [0.3, 0.4) is 0 Å². The minimum atomic E-state index is -0.0510. The molecule has 1 aromatic carbocycles. The average molecular weight is 286 g/mol. The van der Waals surface area contributed by atoms with E-state index in [4.69, 9.17) is 4.74 Å². The summed E-state index contributed by atoms with van der Waals surface area (Å²) in [4.78, 5) is 0. The predicted molar refractivity (Wildman–Crippen MR) is 66.8 cm³/mol. The molecule has 0 aromatic heterocycles. The van der Waals surface area contributed by atoms with Crippen LogP contribution in [0.15, 0.2) is 10.5 Å². The number of phenols is 1. The fourth-order valence-corrected chi connectivity index (χ4v) is 2.59. The van der Waals surface area contributed by atoms with Crippen molar-refractivity contribution < 1.29 is 9.84 Å². The molecule has 3 nitrogen and oxygen atoms in total. The van der Waals surface area contributed by atoms with Crippen LogP contribution in [0.4, 0.5) is 0 Å². The van der Waals surface area contributed by atoms with Gasteiger partial charge in [-0.15, -0.1) is 0 Å². The van der Waals surface area contributed by atoms with Crippen LogP contribution in [0, 0.1) is 13.8 Å². The first-order valence-electron chi connectivity index (χ1n) is 5.42. The summed E-state index contributed by atoms with van der Waals surface area (Å²) in [7, 11) is 0. The quantitative estimate of drug-likeness (QED) is 0.833. The van der Waals surface area contributed by atoms with Crippen LogP contribution in [-0.4, -0.2) is 24.8 Å². The van der Waals surface area contributed by atoms with Gasteiger partial charge in [-0.3, -0.25) is 0 Å². The smallest absolute Gasteiger partial charge is 0.124 e. The molecule has 1 saturated heterocycles. The maximum absolute atomic E-state index is 10.1. The lowest BCUT2D eigenvalue weighted by Gasteiger charge is -2.27. The zero-order valence-electron chi connectivity index (χ0n) is 9.51.